The van der Waals surface area contributed by atoms with Crippen LogP contribution in [0.15, 0.2) is 109 Å². The molecule has 2 nitrogen and oxygen atoms in total. The Kier molecular flexibility index (Phi) is 20.1. The summed E-state index contributed by atoms with van der Waals surface area (Å²) in [5.41, 5.74) is 5.14. The first-order valence-corrected chi connectivity index (χ1v) is 11.0. The van der Waals surface area contributed by atoms with Gasteiger partial charge < -0.3 is 35.5 Å². The summed E-state index contributed by atoms with van der Waals surface area (Å²) in [6, 6.07) is 37.4. The largest absolute Gasteiger partial charge is 0.748 e. The number of nitrogens with one attached hydrogen (secondary N) is 1. The molecule has 0 aliphatic carbocycles. The molecular formula is C28H35Fe2NO-8. The Bertz CT molecular complexity index is 678. The Morgan fingerprint density at radius 1 is 0.656 bits per heavy atom. The second kappa shape index (κ2) is 21.2. The summed E-state index contributed by atoms with van der Waals surface area (Å²) in [6.45, 7) is 0.705. The Morgan fingerprint density at radius 2 is 1.12 bits per heavy atom. The molecule has 0 heterocycles. The maximum absolute atomic E-state index is 8.57. The molecule has 0 saturated heterocycles. The molecule has 0 aliphatic rings. The van der Waals surface area contributed by atoms with Crippen molar-refractivity contribution in [1.29, 1.82) is 0 Å². The van der Waals surface area contributed by atoms with Gasteiger partial charge >= 0.3 is 0 Å². The van der Waals surface area contributed by atoms with Crippen molar-refractivity contribution in [3.8, 4) is 0 Å². The van der Waals surface area contributed by atoms with Crippen LogP contribution < -0.4 is 5.48 Å². The van der Waals surface area contributed by atoms with E-state index in [9.17, 15) is 0 Å². The first-order chi connectivity index (χ1) is 14.9. The van der Waals surface area contributed by atoms with E-state index in [-0.39, 0.29) is 34.1 Å². The predicted molar refractivity (Wildman–Crippen MR) is 127 cm³/mol. The summed E-state index contributed by atoms with van der Waals surface area (Å²) >= 11 is 0. The predicted octanol–water partition coefficient (Wildman–Crippen LogP) is 6.87. The van der Waals surface area contributed by atoms with E-state index in [0.29, 0.717) is 6.54 Å². The van der Waals surface area contributed by atoms with Gasteiger partial charge in [-0.3, -0.25) is 0 Å². The fourth-order valence-electron chi connectivity index (χ4n) is 3.50. The van der Waals surface area contributed by atoms with Crippen molar-refractivity contribution in [3.63, 3.8) is 0 Å². The number of rotatable bonds is 10. The van der Waals surface area contributed by atoms with Crippen LogP contribution in [0, 0.1) is 5.92 Å². The van der Waals surface area contributed by atoms with E-state index in [0.717, 1.165) is 12.3 Å². The van der Waals surface area contributed by atoms with E-state index < -0.39 is 0 Å². The van der Waals surface area contributed by atoms with E-state index >= 15 is 0 Å². The quantitative estimate of drug-likeness (QED) is 0.105. The fraction of sp³-hybridized carbons (Fsp3) is 0.286. The third-order valence-corrected chi connectivity index (χ3v) is 5.02. The molecule has 0 aromatic heterocycles. The SMILES string of the molecule is ONCCCCCC(C[c-]1cccc1)C[c-]1cccc1.[Fe].[Fe].[cH-]1[cH-][cH-][cH-][cH-]1.c1cc[cH-]c1. The van der Waals surface area contributed by atoms with Crippen molar-refractivity contribution in [2.75, 3.05) is 6.54 Å². The van der Waals surface area contributed by atoms with E-state index in [2.05, 4.69) is 54.0 Å². The van der Waals surface area contributed by atoms with E-state index in [1.54, 1.807) is 0 Å². The van der Waals surface area contributed by atoms with Crippen LogP contribution in [0.25, 0.3) is 0 Å². The number of unbranched alkanes of at least 4 members (excludes halogenated alkanes) is 2. The maximum Gasteiger partial charge on any atom is 0.0207 e. The van der Waals surface area contributed by atoms with Crippen LogP contribution in [0.4, 0.5) is 0 Å². The number of hydrogen-bond donors (Lipinski definition) is 2. The van der Waals surface area contributed by atoms with Crippen LogP contribution in [-0.4, -0.2) is 11.8 Å². The molecule has 4 aromatic carbocycles. The van der Waals surface area contributed by atoms with Gasteiger partial charge in [0.25, 0.3) is 0 Å². The van der Waals surface area contributed by atoms with Gasteiger partial charge in [-0.2, -0.15) is 53.6 Å². The van der Waals surface area contributed by atoms with E-state index in [4.69, 9.17) is 5.21 Å². The third-order valence-electron chi connectivity index (χ3n) is 5.02. The van der Waals surface area contributed by atoms with Crippen molar-refractivity contribution < 1.29 is 39.3 Å². The summed E-state index contributed by atoms with van der Waals surface area (Å²) in [6.07, 6.45) is 7.10. The molecule has 0 saturated carbocycles. The molecule has 4 heteroatoms. The van der Waals surface area contributed by atoms with Gasteiger partial charge in [0.1, 0.15) is 0 Å². The summed E-state index contributed by atoms with van der Waals surface area (Å²) in [4.78, 5) is 0. The maximum atomic E-state index is 8.57. The van der Waals surface area contributed by atoms with Gasteiger partial charge in [0.2, 0.25) is 0 Å². The summed E-state index contributed by atoms with van der Waals surface area (Å²) in [5, 5.41) is 8.57. The molecule has 0 aliphatic heterocycles. The summed E-state index contributed by atoms with van der Waals surface area (Å²) in [7, 11) is 0. The molecule has 0 amide bonds. The zero-order valence-electron chi connectivity index (χ0n) is 18.6. The first-order valence-electron chi connectivity index (χ1n) is 11.0. The molecule has 2 N–H and O–H groups in total. The van der Waals surface area contributed by atoms with Crippen LogP contribution >= 0.6 is 0 Å². The average molecular weight is 513 g/mol. The molecule has 4 aromatic rings. The average Bonchev–Trinajstić information content (AvgIpc) is 3.58. The standard InChI is InChI=1S/C18H25NO.2C5H5.2Fe/c20-19-13-7-1-2-12-18(14-16-8-3-4-9-16)15-17-10-5-6-11-17;2*1-2-4-5-3-1;;/h3-6,8-11,18-20H,1-2,7,12-15H2;2*1-5H;;/q-2;-5;-1;;. The molecule has 0 bridgehead atoms. The Balaban J connectivity index is 0.000000657. The number of hydrogen-bond acceptors (Lipinski definition) is 2. The van der Waals surface area contributed by atoms with Crippen molar-refractivity contribution in [2.24, 2.45) is 5.92 Å². The molecule has 0 unspecified atom stereocenters. The second-order valence-corrected chi connectivity index (χ2v) is 7.54. The van der Waals surface area contributed by atoms with Gasteiger partial charge in [-0.25, -0.2) is 41.9 Å². The van der Waals surface area contributed by atoms with Gasteiger partial charge in [0.15, 0.2) is 0 Å². The van der Waals surface area contributed by atoms with Gasteiger partial charge in [0, 0.05) is 40.7 Å². The van der Waals surface area contributed by atoms with Crippen LogP contribution in [0.2, 0.25) is 0 Å². The molecular weight excluding hydrogens is 478 g/mol. The van der Waals surface area contributed by atoms with Crippen molar-refractivity contribution in [1.82, 2.24) is 5.48 Å². The van der Waals surface area contributed by atoms with E-state index in [1.165, 1.54) is 43.2 Å². The Morgan fingerprint density at radius 3 is 1.50 bits per heavy atom. The van der Waals surface area contributed by atoms with Crippen molar-refractivity contribution in [3.05, 3.63) is 120 Å². The van der Waals surface area contributed by atoms with Crippen molar-refractivity contribution in [2.45, 2.75) is 38.5 Å². The molecule has 4 rings (SSSR count). The summed E-state index contributed by atoms with van der Waals surface area (Å²) in [5.74, 6) is 0.724. The summed E-state index contributed by atoms with van der Waals surface area (Å²) < 4.78 is 0. The topological polar surface area (TPSA) is 32.3 Å². The minimum Gasteiger partial charge on any atom is -0.748 e. The zero-order valence-corrected chi connectivity index (χ0v) is 20.8. The minimum absolute atomic E-state index is 0. The first kappa shape index (κ1) is 30.4. The van der Waals surface area contributed by atoms with E-state index in [1.807, 2.05) is 60.7 Å². The normalized spacial score (nSPS) is 9.56. The molecule has 0 atom stereocenters. The minimum atomic E-state index is 0. The molecule has 0 spiro atoms. The third kappa shape index (κ3) is 15.2. The molecule has 0 radical (unpaired) electrons. The van der Waals surface area contributed by atoms with Gasteiger partial charge in [0.05, 0.1) is 0 Å². The van der Waals surface area contributed by atoms with Gasteiger partial charge in [-0.1, -0.05) is 38.0 Å². The van der Waals surface area contributed by atoms with Crippen LogP contribution in [0.5, 0.6) is 0 Å². The van der Waals surface area contributed by atoms with Crippen LogP contribution in [0.3, 0.4) is 0 Å². The van der Waals surface area contributed by atoms with Gasteiger partial charge in [-0.15, -0.1) is 0 Å². The Hall–Kier alpha value is -1.64. The molecule has 182 valence electrons. The molecule has 0 fully saturated rings. The van der Waals surface area contributed by atoms with Crippen LogP contribution in [0.1, 0.15) is 36.8 Å². The zero-order chi connectivity index (χ0) is 21.1. The van der Waals surface area contributed by atoms with Crippen molar-refractivity contribution >= 4 is 0 Å². The smallest absolute Gasteiger partial charge is 0.0207 e. The monoisotopic (exact) mass is 513 g/mol. The Labute approximate surface area is 215 Å². The second-order valence-electron chi connectivity index (χ2n) is 7.54. The molecule has 32 heavy (non-hydrogen) atoms. The fourth-order valence-corrected chi connectivity index (χ4v) is 3.50. The van der Waals surface area contributed by atoms with Gasteiger partial charge in [-0.05, 0) is 6.42 Å². The van der Waals surface area contributed by atoms with Crippen LogP contribution in [-0.2, 0) is 47.0 Å². The number of hydroxylamine groups is 1.